The molecule has 5 aromatic rings. The summed E-state index contributed by atoms with van der Waals surface area (Å²) >= 11 is 7.42. The molecule has 1 aliphatic rings. The molecule has 1 unspecified atom stereocenters. The third-order valence-electron chi connectivity index (χ3n) is 6.42. The van der Waals surface area contributed by atoms with E-state index >= 15 is 0 Å². The molecule has 0 saturated carbocycles. The molecule has 2 aromatic carbocycles. The largest absolute Gasteiger partial charge is 0.505 e. The van der Waals surface area contributed by atoms with E-state index in [1.54, 1.807) is 53.9 Å². The summed E-state index contributed by atoms with van der Waals surface area (Å²) in [5, 5.41) is 12.5. The van der Waals surface area contributed by atoms with Gasteiger partial charge in [0.15, 0.2) is 10.9 Å². The molecule has 6 rings (SSSR count). The van der Waals surface area contributed by atoms with E-state index in [-0.39, 0.29) is 11.3 Å². The summed E-state index contributed by atoms with van der Waals surface area (Å²) in [6.45, 7) is 4.17. The lowest BCUT2D eigenvalue weighted by Gasteiger charge is -2.23. The number of aliphatic hydroxyl groups excluding tert-OH is 1. The van der Waals surface area contributed by atoms with Crippen LogP contribution in [-0.2, 0) is 9.59 Å². The Hall–Kier alpha value is -4.21. The number of Topliss-reactive ketones (excluding diaryl/α,β-unsaturated/α-hetero) is 1. The van der Waals surface area contributed by atoms with Gasteiger partial charge in [-0.25, -0.2) is 9.97 Å². The number of pyridine rings is 1. The quantitative estimate of drug-likeness (QED) is 0.167. The number of thiazole rings is 1. The van der Waals surface area contributed by atoms with E-state index < -0.39 is 17.7 Å². The highest BCUT2D eigenvalue weighted by Gasteiger charge is 2.48. The van der Waals surface area contributed by atoms with Gasteiger partial charge in [-0.3, -0.25) is 18.9 Å². The third kappa shape index (κ3) is 3.82. The number of ether oxygens (including phenoxy) is 1. The number of fused-ring (bicyclic) bond motifs is 2. The number of ketones is 1. The van der Waals surface area contributed by atoms with Crippen LogP contribution in [0.4, 0.5) is 5.13 Å². The zero-order chi connectivity index (χ0) is 26.6. The molecule has 190 valence electrons. The summed E-state index contributed by atoms with van der Waals surface area (Å²) in [5.41, 5.74) is 2.72. The number of nitrogens with zero attached hydrogens (tertiary/aromatic N) is 4. The second-order valence-corrected chi connectivity index (χ2v) is 10.2. The summed E-state index contributed by atoms with van der Waals surface area (Å²) < 4.78 is 8.11. The zero-order valence-corrected chi connectivity index (χ0v) is 22.0. The molecule has 10 heteroatoms. The number of halogens is 1. The van der Waals surface area contributed by atoms with Gasteiger partial charge in [-0.15, -0.1) is 0 Å². The first-order valence-corrected chi connectivity index (χ1v) is 13.1. The monoisotopic (exact) mass is 544 g/mol. The summed E-state index contributed by atoms with van der Waals surface area (Å²) in [7, 11) is 0. The topological polar surface area (TPSA) is 97.0 Å². The molecule has 1 atom stereocenters. The van der Waals surface area contributed by atoms with Gasteiger partial charge in [0.05, 0.1) is 34.1 Å². The number of rotatable bonds is 5. The van der Waals surface area contributed by atoms with E-state index in [4.69, 9.17) is 16.3 Å². The fraction of sp³-hybridized carbons (Fsp3) is 0.143. The maximum absolute atomic E-state index is 13.6. The van der Waals surface area contributed by atoms with Crippen molar-refractivity contribution in [1.82, 2.24) is 14.4 Å². The zero-order valence-electron chi connectivity index (χ0n) is 20.4. The molecule has 3 aromatic heterocycles. The van der Waals surface area contributed by atoms with Crippen LogP contribution in [0.5, 0.6) is 5.75 Å². The first kappa shape index (κ1) is 24.1. The van der Waals surface area contributed by atoms with Crippen molar-refractivity contribution >= 4 is 61.4 Å². The van der Waals surface area contributed by atoms with Crippen LogP contribution in [0.3, 0.4) is 0 Å². The van der Waals surface area contributed by atoms with Crippen molar-refractivity contribution in [2.75, 3.05) is 11.5 Å². The van der Waals surface area contributed by atoms with Gasteiger partial charge < -0.3 is 9.84 Å². The van der Waals surface area contributed by atoms with Crippen LogP contribution in [-0.4, -0.2) is 37.8 Å². The number of carbonyl (C=O) groups excluding carboxylic acids is 2. The molecule has 0 spiro atoms. The number of aliphatic hydroxyl groups is 1. The number of hydrogen-bond acceptors (Lipinski definition) is 7. The van der Waals surface area contributed by atoms with E-state index in [1.807, 2.05) is 31.2 Å². The van der Waals surface area contributed by atoms with Crippen molar-refractivity contribution in [2.24, 2.45) is 0 Å². The Bertz CT molecular complexity index is 1770. The molecule has 1 saturated heterocycles. The van der Waals surface area contributed by atoms with E-state index in [9.17, 15) is 14.7 Å². The molecule has 1 fully saturated rings. The maximum Gasteiger partial charge on any atom is 0.301 e. The van der Waals surface area contributed by atoms with Gasteiger partial charge in [0, 0.05) is 11.2 Å². The SMILES string of the molecule is CCOc1ccc2nc(N3C(=O)C(=O)/C(=C(/O)c4c(C)nc5ccccn45)C3c3ccc(Cl)cc3)sc2c1. The standard InChI is InChI=1S/C28H21ClN4O4S/c1-3-37-18-11-12-19-20(14-18)38-28(31-19)33-24(16-7-9-17(29)10-8-16)22(26(35)27(33)36)25(34)23-15(2)30-21-6-4-5-13-32(21)23/h4-14,24,34H,3H2,1-2H3/b25-22+. The normalized spacial score (nSPS) is 17.1. The van der Waals surface area contributed by atoms with Crippen molar-refractivity contribution in [3.8, 4) is 5.75 Å². The molecule has 0 bridgehead atoms. The average molecular weight is 545 g/mol. The average Bonchev–Trinajstić information content (AvgIpc) is 3.55. The first-order valence-electron chi connectivity index (χ1n) is 11.9. The number of aryl methyl sites for hydroxylation is 1. The minimum Gasteiger partial charge on any atom is -0.505 e. The molecule has 4 heterocycles. The number of carbonyl (C=O) groups is 2. The van der Waals surface area contributed by atoms with E-state index in [1.165, 1.54) is 16.2 Å². The second-order valence-electron chi connectivity index (χ2n) is 8.75. The third-order valence-corrected chi connectivity index (χ3v) is 7.69. The highest BCUT2D eigenvalue weighted by Crippen LogP contribution is 2.45. The smallest absolute Gasteiger partial charge is 0.301 e. The van der Waals surface area contributed by atoms with Gasteiger partial charge in [0.25, 0.3) is 5.78 Å². The van der Waals surface area contributed by atoms with E-state index in [2.05, 4.69) is 9.97 Å². The Morgan fingerprint density at radius 2 is 1.89 bits per heavy atom. The molecule has 8 nitrogen and oxygen atoms in total. The molecule has 0 radical (unpaired) electrons. The lowest BCUT2D eigenvalue weighted by molar-refractivity contribution is -0.132. The molecule has 1 aliphatic heterocycles. The van der Waals surface area contributed by atoms with Crippen LogP contribution < -0.4 is 9.64 Å². The Labute approximate surface area is 226 Å². The minimum absolute atomic E-state index is 0.0414. The molecule has 0 aliphatic carbocycles. The van der Waals surface area contributed by atoms with Gasteiger partial charge >= 0.3 is 5.91 Å². The number of imidazole rings is 1. The first-order chi connectivity index (χ1) is 18.4. The number of hydrogen-bond donors (Lipinski definition) is 1. The summed E-state index contributed by atoms with van der Waals surface area (Å²) in [6, 6.07) is 16.8. The Morgan fingerprint density at radius 1 is 1.11 bits per heavy atom. The minimum atomic E-state index is -0.923. The van der Waals surface area contributed by atoms with Gasteiger partial charge in [-0.05, 0) is 61.9 Å². The van der Waals surface area contributed by atoms with Crippen molar-refractivity contribution in [3.05, 3.63) is 94.4 Å². The van der Waals surface area contributed by atoms with Crippen LogP contribution in [0.25, 0.3) is 21.6 Å². The van der Waals surface area contributed by atoms with Crippen LogP contribution in [0.2, 0.25) is 5.02 Å². The number of benzene rings is 2. The van der Waals surface area contributed by atoms with Gasteiger partial charge in [0.1, 0.15) is 17.1 Å². The lowest BCUT2D eigenvalue weighted by atomic mass is 9.96. The van der Waals surface area contributed by atoms with Crippen molar-refractivity contribution in [2.45, 2.75) is 19.9 Å². The fourth-order valence-corrected chi connectivity index (χ4v) is 5.92. The number of anilines is 1. The van der Waals surface area contributed by atoms with Crippen LogP contribution in [0.15, 0.2) is 72.4 Å². The van der Waals surface area contributed by atoms with E-state index in [0.29, 0.717) is 50.6 Å². The molecule has 1 N–H and O–H groups in total. The highest BCUT2D eigenvalue weighted by atomic mass is 35.5. The molecular weight excluding hydrogens is 524 g/mol. The van der Waals surface area contributed by atoms with Crippen molar-refractivity contribution in [3.63, 3.8) is 0 Å². The second kappa shape index (κ2) is 9.27. The molecule has 38 heavy (non-hydrogen) atoms. The van der Waals surface area contributed by atoms with Crippen molar-refractivity contribution < 1.29 is 19.4 Å². The van der Waals surface area contributed by atoms with Crippen LogP contribution in [0, 0.1) is 6.92 Å². The molecular formula is C28H21ClN4O4S. The Balaban J connectivity index is 1.57. The highest BCUT2D eigenvalue weighted by molar-refractivity contribution is 7.22. The lowest BCUT2D eigenvalue weighted by Crippen LogP contribution is -2.29. The van der Waals surface area contributed by atoms with Crippen LogP contribution in [0.1, 0.15) is 29.9 Å². The van der Waals surface area contributed by atoms with Crippen molar-refractivity contribution in [1.29, 1.82) is 0 Å². The maximum atomic E-state index is 13.6. The van der Waals surface area contributed by atoms with Gasteiger partial charge in [-0.1, -0.05) is 41.1 Å². The predicted octanol–water partition coefficient (Wildman–Crippen LogP) is 5.93. The summed E-state index contributed by atoms with van der Waals surface area (Å²) in [6.07, 6.45) is 1.75. The fourth-order valence-electron chi connectivity index (χ4n) is 4.77. The van der Waals surface area contributed by atoms with Gasteiger partial charge in [-0.2, -0.15) is 0 Å². The van der Waals surface area contributed by atoms with Crippen LogP contribution >= 0.6 is 22.9 Å². The Kier molecular flexibility index (Phi) is 5.89. The summed E-state index contributed by atoms with van der Waals surface area (Å²) in [5.74, 6) is -1.19. The van der Waals surface area contributed by atoms with Gasteiger partial charge in [0.2, 0.25) is 0 Å². The Morgan fingerprint density at radius 3 is 2.66 bits per heavy atom. The van der Waals surface area contributed by atoms with E-state index in [0.717, 1.165) is 4.70 Å². The number of aromatic nitrogens is 3. The number of amides is 1. The predicted molar refractivity (Wildman–Crippen MR) is 147 cm³/mol. The molecule has 1 amide bonds. The summed E-state index contributed by atoms with van der Waals surface area (Å²) in [4.78, 5) is 37.7.